The van der Waals surface area contributed by atoms with Gasteiger partial charge in [-0.3, -0.25) is 0 Å². The van der Waals surface area contributed by atoms with Gasteiger partial charge >= 0.3 is 0 Å². The molecule has 0 heterocycles. The SMILES string of the molecule is CCSCCOc1cc(OC)ccc1CNC. The molecule has 1 aromatic rings. The lowest BCUT2D eigenvalue weighted by Gasteiger charge is -2.12. The van der Waals surface area contributed by atoms with E-state index in [1.807, 2.05) is 37.0 Å². The zero-order valence-corrected chi connectivity index (χ0v) is 11.6. The van der Waals surface area contributed by atoms with Crippen molar-refractivity contribution in [2.45, 2.75) is 13.5 Å². The lowest BCUT2D eigenvalue weighted by atomic mass is 10.2. The Bertz CT molecular complexity index is 331. The van der Waals surface area contributed by atoms with E-state index < -0.39 is 0 Å². The van der Waals surface area contributed by atoms with Gasteiger partial charge in [-0.05, 0) is 18.9 Å². The molecular formula is C13H21NO2S. The van der Waals surface area contributed by atoms with Crippen LogP contribution < -0.4 is 14.8 Å². The molecule has 0 saturated carbocycles. The van der Waals surface area contributed by atoms with Gasteiger partial charge in [-0.15, -0.1) is 0 Å². The van der Waals surface area contributed by atoms with Gasteiger partial charge in [0.05, 0.1) is 13.7 Å². The highest BCUT2D eigenvalue weighted by Gasteiger charge is 2.05. The van der Waals surface area contributed by atoms with E-state index in [4.69, 9.17) is 9.47 Å². The lowest BCUT2D eigenvalue weighted by molar-refractivity contribution is 0.335. The van der Waals surface area contributed by atoms with Crippen LogP contribution in [0.3, 0.4) is 0 Å². The van der Waals surface area contributed by atoms with Crippen molar-refractivity contribution in [3.05, 3.63) is 23.8 Å². The predicted molar refractivity (Wildman–Crippen MR) is 74.3 cm³/mol. The number of rotatable bonds is 8. The molecule has 0 atom stereocenters. The summed E-state index contributed by atoms with van der Waals surface area (Å²) in [6.07, 6.45) is 0. The largest absolute Gasteiger partial charge is 0.497 e. The molecule has 0 fully saturated rings. The lowest BCUT2D eigenvalue weighted by Crippen LogP contribution is -2.09. The topological polar surface area (TPSA) is 30.5 Å². The first-order chi connectivity index (χ1) is 8.31. The van der Waals surface area contributed by atoms with Gasteiger partial charge in [0.25, 0.3) is 0 Å². The van der Waals surface area contributed by atoms with Crippen molar-refractivity contribution >= 4 is 11.8 Å². The zero-order valence-electron chi connectivity index (χ0n) is 10.8. The molecule has 0 saturated heterocycles. The first-order valence-corrected chi connectivity index (χ1v) is 6.99. The Morgan fingerprint density at radius 2 is 2.18 bits per heavy atom. The molecular weight excluding hydrogens is 234 g/mol. The van der Waals surface area contributed by atoms with Crippen LogP contribution in [0, 0.1) is 0 Å². The fourth-order valence-corrected chi connectivity index (χ4v) is 1.98. The minimum Gasteiger partial charge on any atom is -0.497 e. The molecule has 0 unspecified atom stereocenters. The van der Waals surface area contributed by atoms with E-state index in [1.54, 1.807) is 7.11 Å². The maximum atomic E-state index is 5.79. The molecule has 1 N–H and O–H groups in total. The van der Waals surface area contributed by atoms with Gasteiger partial charge in [0, 0.05) is 23.9 Å². The summed E-state index contributed by atoms with van der Waals surface area (Å²) in [5, 5.41) is 3.14. The maximum absolute atomic E-state index is 5.79. The fraction of sp³-hybridized carbons (Fsp3) is 0.538. The summed E-state index contributed by atoms with van der Waals surface area (Å²) >= 11 is 1.88. The van der Waals surface area contributed by atoms with Gasteiger partial charge < -0.3 is 14.8 Å². The van der Waals surface area contributed by atoms with E-state index in [2.05, 4.69) is 12.2 Å². The van der Waals surface area contributed by atoms with Crippen LogP contribution in [0.15, 0.2) is 18.2 Å². The minimum absolute atomic E-state index is 0.738. The van der Waals surface area contributed by atoms with Gasteiger partial charge in [0.1, 0.15) is 11.5 Å². The highest BCUT2D eigenvalue weighted by molar-refractivity contribution is 7.99. The Kier molecular flexibility index (Phi) is 6.89. The molecule has 0 radical (unpaired) electrons. The smallest absolute Gasteiger partial charge is 0.127 e. The van der Waals surface area contributed by atoms with Crippen LogP contribution in [-0.2, 0) is 6.54 Å². The van der Waals surface area contributed by atoms with Crippen LogP contribution in [0.2, 0.25) is 0 Å². The first-order valence-electron chi connectivity index (χ1n) is 5.83. The van der Waals surface area contributed by atoms with Gasteiger partial charge in [-0.2, -0.15) is 11.8 Å². The van der Waals surface area contributed by atoms with E-state index in [0.717, 1.165) is 41.7 Å². The third kappa shape index (κ3) is 4.88. The standard InChI is InChI=1S/C13H21NO2S/c1-4-17-8-7-16-13-9-12(15-3)6-5-11(13)10-14-2/h5-6,9,14H,4,7-8,10H2,1-3H3. The monoisotopic (exact) mass is 255 g/mol. The average molecular weight is 255 g/mol. The van der Waals surface area contributed by atoms with E-state index in [-0.39, 0.29) is 0 Å². The van der Waals surface area contributed by atoms with Crippen LogP contribution in [0.25, 0.3) is 0 Å². The molecule has 0 aliphatic rings. The van der Waals surface area contributed by atoms with Crippen molar-refractivity contribution in [2.24, 2.45) is 0 Å². The Hall–Kier alpha value is -0.870. The van der Waals surface area contributed by atoms with E-state index >= 15 is 0 Å². The summed E-state index contributed by atoms with van der Waals surface area (Å²) in [7, 11) is 3.60. The van der Waals surface area contributed by atoms with Crippen LogP contribution in [0.4, 0.5) is 0 Å². The highest BCUT2D eigenvalue weighted by atomic mass is 32.2. The molecule has 0 aromatic heterocycles. The Morgan fingerprint density at radius 3 is 2.82 bits per heavy atom. The first kappa shape index (κ1) is 14.2. The summed E-state index contributed by atoms with van der Waals surface area (Å²) in [4.78, 5) is 0. The van der Waals surface area contributed by atoms with Crippen LogP contribution in [0.1, 0.15) is 12.5 Å². The summed E-state index contributed by atoms with van der Waals surface area (Å²) in [6.45, 7) is 3.70. The number of hydrogen-bond acceptors (Lipinski definition) is 4. The average Bonchev–Trinajstić information content (AvgIpc) is 2.36. The minimum atomic E-state index is 0.738. The molecule has 0 spiro atoms. The zero-order chi connectivity index (χ0) is 12.5. The second kappa shape index (κ2) is 8.25. The molecule has 1 rings (SSSR count). The highest BCUT2D eigenvalue weighted by Crippen LogP contribution is 2.24. The second-order valence-electron chi connectivity index (χ2n) is 3.55. The van der Waals surface area contributed by atoms with Gasteiger partial charge in [-0.25, -0.2) is 0 Å². The van der Waals surface area contributed by atoms with Crippen molar-refractivity contribution in [3.63, 3.8) is 0 Å². The molecule has 0 bridgehead atoms. The third-order valence-electron chi connectivity index (χ3n) is 2.33. The predicted octanol–water partition coefficient (Wildman–Crippen LogP) is 2.55. The molecule has 1 aromatic carbocycles. The van der Waals surface area contributed by atoms with Gasteiger partial charge in [0.2, 0.25) is 0 Å². The Balaban J connectivity index is 2.64. The summed E-state index contributed by atoms with van der Waals surface area (Å²) in [6, 6.07) is 5.95. The second-order valence-corrected chi connectivity index (χ2v) is 4.94. The van der Waals surface area contributed by atoms with Crippen molar-refractivity contribution in [1.29, 1.82) is 0 Å². The van der Waals surface area contributed by atoms with Crippen molar-refractivity contribution in [1.82, 2.24) is 5.32 Å². The van der Waals surface area contributed by atoms with Gasteiger partial charge in [0.15, 0.2) is 0 Å². The number of hydrogen-bond donors (Lipinski definition) is 1. The quantitative estimate of drug-likeness (QED) is 0.723. The van der Waals surface area contributed by atoms with Crippen LogP contribution in [0.5, 0.6) is 11.5 Å². The molecule has 3 nitrogen and oxygen atoms in total. The number of benzene rings is 1. The van der Waals surface area contributed by atoms with Crippen LogP contribution >= 0.6 is 11.8 Å². The van der Waals surface area contributed by atoms with E-state index in [1.165, 1.54) is 0 Å². The number of nitrogens with one attached hydrogen (secondary N) is 1. The molecule has 96 valence electrons. The van der Waals surface area contributed by atoms with Crippen LogP contribution in [-0.4, -0.2) is 32.3 Å². The molecule has 0 aliphatic heterocycles. The number of thioether (sulfide) groups is 1. The Morgan fingerprint density at radius 1 is 1.35 bits per heavy atom. The van der Waals surface area contributed by atoms with E-state index in [0.29, 0.717) is 0 Å². The van der Waals surface area contributed by atoms with Crippen molar-refractivity contribution in [3.8, 4) is 11.5 Å². The third-order valence-corrected chi connectivity index (χ3v) is 3.19. The summed E-state index contributed by atoms with van der Waals surface area (Å²) < 4.78 is 11.0. The summed E-state index contributed by atoms with van der Waals surface area (Å²) in [5.41, 5.74) is 1.16. The van der Waals surface area contributed by atoms with Crippen molar-refractivity contribution < 1.29 is 9.47 Å². The fourth-order valence-electron chi connectivity index (χ4n) is 1.49. The maximum Gasteiger partial charge on any atom is 0.127 e. The number of methoxy groups -OCH3 is 1. The molecule has 0 aliphatic carbocycles. The van der Waals surface area contributed by atoms with E-state index in [9.17, 15) is 0 Å². The molecule has 17 heavy (non-hydrogen) atoms. The Labute approximate surface area is 108 Å². The normalized spacial score (nSPS) is 10.3. The van der Waals surface area contributed by atoms with Crippen molar-refractivity contribution in [2.75, 3.05) is 32.3 Å². The number of ether oxygens (including phenoxy) is 2. The molecule has 4 heteroatoms. The van der Waals surface area contributed by atoms with Gasteiger partial charge in [-0.1, -0.05) is 13.0 Å². The summed E-state index contributed by atoms with van der Waals surface area (Å²) in [5.74, 6) is 3.90. The molecule has 0 amide bonds.